The third-order valence-corrected chi connectivity index (χ3v) is 3.74. The summed E-state index contributed by atoms with van der Waals surface area (Å²) in [5.41, 5.74) is 2.21. The number of halogens is 1. The number of hydrogen-bond acceptors (Lipinski definition) is 4. The van der Waals surface area contributed by atoms with Crippen molar-refractivity contribution in [3.8, 4) is 0 Å². The number of nitrogens with one attached hydrogen (secondary N) is 1. The van der Waals surface area contributed by atoms with E-state index in [1.165, 1.54) is 17.7 Å². The standard InChI is InChI=1S/C14H18ClN3O2/c1-17-8-5-11(6-9-17)4-7-16-14-3-2-12(18(19)20)10-13(14)15/h2-3,5,10,16H,4,6-9H2,1H3. The lowest BCUT2D eigenvalue weighted by Gasteiger charge is -2.22. The highest BCUT2D eigenvalue weighted by Crippen LogP contribution is 2.26. The maximum atomic E-state index is 10.6. The zero-order valence-corrected chi connectivity index (χ0v) is 12.2. The number of likely N-dealkylation sites (N-methyl/N-ethyl adjacent to an activating group) is 1. The van der Waals surface area contributed by atoms with Crippen LogP contribution in [0.15, 0.2) is 29.8 Å². The van der Waals surface area contributed by atoms with Gasteiger partial charge in [-0.25, -0.2) is 0 Å². The van der Waals surface area contributed by atoms with E-state index in [0.717, 1.165) is 38.2 Å². The number of anilines is 1. The quantitative estimate of drug-likeness (QED) is 0.514. The summed E-state index contributed by atoms with van der Waals surface area (Å²) in [6.07, 6.45) is 4.34. The largest absolute Gasteiger partial charge is 0.384 e. The van der Waals surface area contributed by atoms with Crippen molar-refractivity contribution in [1.29, 1.82) is 0 Å². The van der Waals surface area contributed by atoms with Gasteiger partial charge in [-0.3, -0.25) is 10.1 Å². The SMILES string of the molecule is CN1CC=C(CCNc2ccc([N+](=O)[O-])cc2Cl)CC1. The summed E-state index contributed by atoms with van der Waals surface area (Å²) < 4.78 is 0. The van der Waals surface area contributed by atoms with Crippen LogP contribution >= 0.6 is 11.6 Å². The zero-order chi connectivity index (χ0) is 14.5. The molecular weight excluding hydrogens is 278 g/mol. The Balaban J connectivity index is 1.87. The molecule has 0 spiro atoms. The van der Waals surface area contributed by atoms with Gasteiger partial charge in [0.25, 0.3) is 5.69 Å². The number of rotatable bonds is 5. The van der Waals surface area contributed by atoms with Gasteiger partial charge in [0.1, 0.15) is 0 Å². The third kappa shape index (κ3) is 3.95. The number of nitrogens with zero attached hydrogens (tertiary/aromatic N) is 2. The fraction of sp³-hybridized carbons (Fsp3) is 0.429. The van der Waals surface area contributed by atoms with E-state index in [9.17, 15) is 10.1 Å². The van der Waals surface area contributed by atoms with E-state index < -0.39 is 4.92 Å². The molecule has 1 aromatic rings. The average Bonchev–Trinajstić information content (AvgIpc) is 2.42. The number of nitro benzene ring substituents is 1. The summed E-state index contributed by atoms with van der Waals surface area (Å²) in [4.78, 5) is 12.5. The van der Waals surface area contributed by atoms with Crippen molar-refractivity contribution in [1.82, 2.24) is 4.90 Å². The van der Waals surface area contributed by atoms with Crippen LogP contribution in [0.4, 0.5) is 11.4 Å². The first-order chi connectivity index (χ1) is 9.56. The van der Waals surface area contributed by atoms with E-state index in [1.54, 1.807) is 6.07 Å². The Kier molecular flexibility index (Phi) is 4.98. The Morgan fingerprint density at radius 3 is 2.90 bits per heavy atom. The number of nitro groups is 1. The summed E-state index contributed by atoms with van der Waals surface area (Å²) in [6, 6.07) is 4.49. The highest BCUT2D eigenvalue weighted by Gasteiger charge is 2.10. The predicted octanol–water partition coefficient (Wildman–Crippen LogP) is 3.31. The van der Waals surface area contributed by atoms with Crippen molar-refractivity contribution in [2.45, 2.75) is 12.8 Å². The highest BCUT2D eigenvalue weighted by molar-refractivity contribution is 6.33. The van der Waals surface area contributed by atoms with Crippen LogP contribution in [0.2, 0.25) is 5.02 Å². The van der Waals surface area contributed by atoms with Crippen molar-refractivity contribution in [2.75, 3.05) is 32.0 Å². The fourth-order valence-corrected chi connectivity index (χ4v) is 2.40. The van der Waals surface area contributed by atoms with Crippen molar-refractivity contribution in [2.24, 2.45) is 0 Å². The fourth-order valence-electron chi connectivity index (χ4n) is 2.16. The number of non-ortho nitro benzene ring substituents is 1. The molecule has 1 heterocycles. The number of benzene rings is 1. The van der Waals surface area contributed by atoms with Gasteiger partial charge in [-0.1, -0.05) is 23.3 Å². The Hall–Kier alpha value is -1.59. The topological polar surface area (TPSA) is 58.4 Å². The van der Waals surface area contributed by atoms with Gasteiger partial charge in [0.05, 0.1) is 15.6 Å². The van der Waals surface area contributed by atoms with Crippen LogP contribution in [0.25, 0.3) is 0 Å². The minimum absolute atomic E-state index is 0.0126. The summed E-state index contributed by atoms with van der Waals surface area (Å²) >= 11 is 6.03. The van der Waals surface area contributed by atoms with Gasteiger partial charge >= 0.3 is 0 Å². The molecule has 0 fully saturated rings. The third-order valence-electron chi connectivity index (χ3n) is 3.43. The van der Waals surface area contributed by atoms with Crippen LogP contribution in [0.5, 0.6) is 0 Å². The first-order valence-electron chi connectivity index (χ1n) is 6.60. The molecule has 2 rings (SSSR count). The number of hydrogen-bond donors (Lipinski definition) is 1. The van der Waals surface area contributed by atoms with Gasteiger partial charge in [0, 0.05) is 31.8 Å². The van der Waals surface area contributed by atoms with Crippen LogP contribution in [-0.2, 0) is 0 Å². The van der Waals surface area contributed by atoms with Crippen LogP contribution in [0, 0.1) is 10.1 Å². The molecule has 1 aliphatic heterocycles. The lowest BCUT2D eigenvalue weighted by molar-refractivity contribution is -0.384. The molecule has 0 saturated heterocycles. The van der Waals surface area contributed by atoms with E-state index in [1.807, 2.05) is 0 Å². The van der Waals surface area contributed by atoms with Gasteiger partial charge in [0.15, 0.2) is 0 Å². The molecule has 0 saturated carbocycles. The molecule has 108 valence electrons. The molecule has 0 bridgehead atoms. The molecular formula is C14H18ClN3O2. The first-order valence-corrected chi connectivity index (χ1v) is 6.98. The monoisotopic (exact) mass is 295 g/mol. The molecule has 6 heteroatoms. The molecule has 5 nitrogen and oxygen atoms in total. The van der Waals surface area contributed by atoms with E-state index in [-0.39, 0.29) is 5.69 Å². The molecule has 20 heavy (non-hydrogen) atoms. The predicted molar refractivity (Wildman–Crippen MR) is 81.4 cm³/mol. The van der Waals surface area contributed by atoms with Crippen molar-refractivity contribution < 1.29 is 4.92 Å². The second kappa shape index (κ2) is 6.72. The summed E-state index contributed by atoms with van der Waals surface area (Å²) in [5, 5.41) is 14.2. The maximum Gasteiger partial charge on any atom is 0.271 e. The molecule has 1 aliphatic rings. The van der Waals surface area contributed by atoms with E-state index >= 15 is 0 Å². The lowest BCUT2D eigenvalue weighted by atomic mass is 10.1. The molecule has 0 aliphatic carbocycles. The van der Waals surface area contributed by atoms with Crippen molar-refractivity contribution in [3.63, 3.8) is 0 Å². The Morgan fingerprint density at radius 1 is 1.50 bits per heavy atom. The van der Waals surface area contributed by atoms with Crippen LogP contribution < -0.4 is 5.32 Å². The maximum absolute atomic E-state index is 10.6. The van der Waals surface area contributed by atoms with E-state index in [0.29, 0.717) is 5.02 Å². The van der Waals surface area contributed by atoms with Gasteiger partial charge in [-0.15, -0.1) is 0 Å². The lowest BCUT2D eigenvalue weighted by Crippen LogP contribution is -2.24. The first kappa shape index (κ1) is 14.8. The van der Waals surface area contributed by atoms with Crippen LogP contribution in [0.1, 0.15) is 12.8 Å². The smallest absolute Gasteiger partial charge is 0.271 e. The second-order valence-electron chi connectivity index (χ2n) is 4.97. The Labute approximate surface area is 123 Å². The molecule has 0 atom stereocenters. The van der Waals surface area contributed by atoms with Crippen molar-refractivity contribution >= 4 is 23.0 Å². The van der Waals surface area contributed by atoms with Gasteiger partial charge in [-0.2, -0.15) is 0 Å². The minimum Gasteiger partial charge on any atom is -0.384 e. The molecule has 0 radical (unpaired) electrons. The summed E-state index contributed by atoms with van der Waals surface area (Å²) in [6.45, 7) is 2.89. The van der Waals surface area contributed by atoms with Crippen molar-refractivity contribution in [3.05, 3.63) is 45.0 Å². The van der Waals surface area contributed by atoms with Gasteiger partial charge < -0.3 is 10.2 Å². The Morgan fingerprint density at radius 2 is 2.30 bits per heavy atom. The normalized spacial score (nSPS) is 15.8. The van der Waals surface area contributed by atoms with E-state index in [2.05, 4.69) is 23.3 Å². The molecule has 0 unspecified atom stereocenters. The molecule has 1 aromatic carbocycles. The average molecular weight is 296 g/mol. The molecule has 0 aromatic heterocycles. The second-order valence-corrected chi connectivity index (χ2v) is 5.38. The van der Waals surface area contributed by atoms with Crippen LogP contribution in [-0.4, -0.2) is 36.5 Å². The van der Waals surface area contributed by atoms with Gasteiger partial charge in [0.2, 0.25) is 0 Å². The van der Waals surface area contributed by atoms with E-state index in [4.69, 9.17) is 11.6 Å². The minimum atomic E-state index is -0.445. The summed E-state index contributed by atoms with van der Waals surface area (Å²) in [5.74, 6) is 0. The molecule has 0 amide bonds. The van der Waals surface area contributed by atoms with Crippen LogP contribution in [0.3, 0.4) is 0 Å². The Bertz CT molecular complexity index is 531. The summed E-state index contributed by atoms with van der Waals surface area (Å²) in [7, 11) is 2.11. The van der Waals surface area contributed by atoms with Gasteiger partial charge in [-0.05, 0) is 26.0 Å². The zero-order valence-electron chi connectivity index (χ0n) is 11.4. The highest BCUT2D eigenvalue weighted by atomic mass is 35.5. The molecule has 1 N–H and O–H groups in total.